The van der Waals surface area contributed by atoms with Crippen molar-refractivity contribution in [2.45, 2.75) is 33.1 Å². The van der Waals surface area contributed by atoms with E-state index in [0.29, 0.717) is 6.61 Å². The van der Waals surface area contributed by atoms with E-state index in [0.717, 1.165) is 5.92 Å². The van der Waals surface area contributed by atoms with E-state index in [1.165, 1.54) is 19.3 Å². The topological polar surface area (TPSA) is 20.2 Å². The Labute approximate surface area is 57.1 Å². The van der Waals surface area contributed by atoms with Crippen LogP contribution in [0.2, 0.25) is 0 Å². The number of aliphatic hydroxyl groups is 1. The summed E-state index contributed by atoms with van der Waals surface area (Å²) >= 11 is 0. The van der Waals surface area contributed by atoms with Crippen molar-refractivity contribution in [2.75, 3.05) is 6.61 Å². The Kier molecular flexibility index (Phi) is 1.80. The van der Waals surface area contributed by atoms with Gasteiger partial charge in [-0.05, 0) is 17.8 Å². The summed E-state index contributed by atoms with van der Waals surface area (Å²) < 4.78 is 0. The molecule has 0 saturated heterocycles. The normalized spacial score (nSPS) is 43.7. The highest BCUT2D eigenvalue weighted by Gasteiger charge is 2.34. The molecule has 1 nitrogen and oxygen atoms in total. The fraction of sp³-hybridized carbons (Fsp3) is 1.00. The molecule has 0 aromatic heterocycles. The van der Waals surface area contributed by atoms with Crippen LogP contribution >= 0.6 is 0 Å². The standard InChI is InChI=1S/C8H16O/c1-7-4-3-5-8(7,2)6-9/h7,9H,3-6H2,1-2H3/t7?,8-/m1/s1. The molecule has 0 radical (unpaired) electrons. The summed E-state index contributed by atoms with van der Waals surface area (Å²) in [6.45, 7) is 4.79. The van der Waals surface area contributed by atoms with Crippen LogP contribution < -0.4 is 0 Å². The molecule has 0 aromatic rings. The molecule has 1 unspecified atom stereocenters. The van der Waals surface area contributed by atoms with Crippen molar-refractivity contribution in [3.63, 3.8) is 0 Å². The van der Waals surface area contributed by atoms with Crippen LogP contribution in [0.5, 0.6) is 0 Å². The predicted molar refractivity (Wildman–Crippen MR) is 38.2 cm³/mol. The highest BCUT2D eigenvalue weighted by atomic mass is 16.3. The van der Waals surface area contributed by atoms with Gasteiger partial charge in [0.05, 0.1) is 0 Å². The lowest BCUT2D eigenvalue weighted by molar-refractivity contribution is 0.110. The Morgan fingerprint density at radius 2 is 2.33 bits per heavy atom. The Morgan fingerprint density at radius 3 is 2.56 bits per heavy atom. The number of hydrogen-bond donors (Lipinski definition) is 1. The first-order valence-electron chi connectivity index (χ1n) is 3.80. The van der Waals surface area contributed by atoms with Crippen LogP contribution in [-0.2, 0) is 0 Å². The number of rotatable bonds is 1. The molecule has 1 aliphatic rings. The van der Waals surface area contributed by atoms with Crippen molar-refractivity contribution in [1.82, 2.24) is 0 Å². The minimum absolute atomic E-state index is 0.250. The van der Waals surface area contributed by atoms with Crippen LogP contribution in [0.1, 0.15) is 33.1 Å². The summed E-state index contributed by atoms with van der Waals surface area (Å²) in [5.41, 5.74) is 0.250. The molecule has 1 rings (SSSR count). The first-order chi connectivity index (χ1) is 4.19. The minimum Gasteiger partial charge on any atom is -0.396 e. The van der Waals surface area contributed by atoms with Crippen molar-refractivity contribution in [3.05, 3.63) is 0 Å². The maximum atomic E-state index is 9.00. The Balaban J connectivity index is 2.56. The quantitative estimate of drug-likeness (QED) is 0.571. The highest BCUT2D eigenvalue weighted by molar-refractivity contribution is 4.84. The molecule has 1 fully saturated rings. The number of aliphatic hydroxyl groups excluding tert-OH is 1. The van der Waals surface area contributed by atoms with Gasteiger partial charge in [-0.1, -0.05) is 26.7 Å². The maximum Gasteiger partial charge on any atom is 0.0487 e. The van der Waals surface area contributed by atoms with Gasteiger partial charge in [0.1, 0.15) is 0 Å². The molecule has 54 valence electrons. The van der Waals surface area contributed by atoms with Crippen molar-refractivity contribution in [3.8, 4) is 0 Å². The molecule has 0 aliphatic heterocycles. The molecule has 9 heavy (non-hydrogen) atoms. The Bertz CT molecular complexity index is 101. The van der Waals surface area contributed by atoms with Crippen molar-refractivity contribution >= 4 is 0 Å². The van der Waals surface area contributed by atoms with E-state index in [-0.39, 0.29) is 5.41 Å². The van der Waals surface area contributed by atoms with Crippen LogP contribution in [0.15, 0.2) is 0 Å². The van der Waals surface area contributed by atoms with Gasteiger partial charge in [0.25, 0.3) is 0 Å². The Hall–Kier alpha value is -0.0400. The molecule has 1 aliphatic carbocycles. The zero-order valence-electron chi connectivity index (χ0n) is 6.35. The molecule has 1 heteroatoms. The van der Waals surface area contributed by atoms with Gasteiger partial charge in [-0.25, -0.2) is 0 Å². The van der Waals surface area contributed by atoms with Gasteiger partial charge in [0.15, 0.2) is 0 Å². The van der Waals surface area contributed by atoms with Crippen LogP contribution in [0.4, 0.5) is 0 Å². The van der Waals surface area contributed by atoms with E-state index in [4.69, 9.17) is 5.11 Å². The van der Waals surface area contributed by atoms with Gasteiger partial charge in [-0.3, -0.25) is 0 Å². The van der Waals surface area contributed by atoms with Gasteiger partial charge in [-0.2, -0.15) is 0 Å². The zero-order valence-corrected chi connectivity index (χ0v) is 6.35. The first kappa shape index (κ1) is 7.07. The minimum atomic E-state index is 0.250. The highest BCUT2D eigenvalue weighted by Crippen LogP contribution is 2.41. The fourth-order valence-corrected chi connectivity index (χ4v) is 1.64. The second-order valence-electron chi connectivity index (χ2n) is 3.61. The lowest BCUT2D eigenvalue weighted by Crippen LogP contribution is -2.23. The second kappa shape index (κ2) is 2.30. The summed E-state index contributed by atoms with van der Waals surface area (Å²) in [4.78, 5) is 0. The van der Waals surface area contributed by atoms with Crippen LogP contribution in [-0.4, -0.2) is 11.7 Å². The van der Waals surface area contributed by atoms with E-state index in [2.05, 4.69) is 13.8 Å². The van der Waals surface area contributed by atoms with Crippen LogP contribution in [0, 0.1) is 11.3 Å². The van der Waals surface area contributed by atoms with Crippen molar-refractivity contribution in [2.24, 2.45) is 11.3 Å². The van der Waals surface area contributed by atoms with E-state index >= 15 is 0 Å². The summed E-state index contributed by atoms with van der Waals surface area (Å²) in [6.07, 6.45) is 3.82. The van der Waals surface area contributed by atoms with Gasteiger partial charge in [-0.15, -0.1) is 0 Å². The smallest absolute Gasteiger partial charge is 0.0487 e. The van der Waals surface area contributed by atoms with Crippen molar-refractivity contribution in [1.29, 1.82) is 0 Å². The molecule has 2 atom stereocenters. The largest absolute Gasteiger partial charge is 0.396 e. The van der Waals surface area contributed by atoms with E-state index in [9.17, 15) is 0 Å². The summed E-state index contributed by atoms with van der Waals surface area (Å²) in [7, 11) is 0. The lowest BCUT2D eigenvalue weighted by Gasteiger charge is -2.25. The third kappa shape index (κ3) is 1.11. The average Bonchev–Trinajstić information content (AvgIpc) is 2.15. The fourth-order valence-electron chi connectivity index (χ4n) is 1.64. The second-order valence-corrected chi connectivity index (χ2v) is 3.61. The summed E-state index contributed by atoms with van der Waals surface area (Å²) in [6, 6.07) is 0. The van der Waals surface area contributed by atoms with E-state index < -0.39 is 0 Å². The molecule has 1 saturated carbocycles. The zero-order chi connectivity index (χ0) is 6.91. The van der Waals surface area contributed by atoms with E-state index in [1.54, 1.807) is 0 Å². The third-order valence-corrected chi connectivity index (χ3v) is 2.94. The van der Waals surface area contributed by atoms with Crippen LogP contribution in [0.3, 0.4) is 0 Å². The molecule has 0 spiro atoms. The SMILES string of the molecule is CC1CCC[C@]1(C)CO. The molecular formula is C8H16O. The average molecular weight is 128 g/mol. The monoisotopic (exact) mass is 128 g/mol. The Morgan fingerprint density at radius 1 is 1.67 bits per heavy atom. The van der Waals surface area contributed by atoms with Gasteiger partial charge < -0.3 is 5.11 Å². The van der Waals surface area contributed by atoms with E-state index in [1.807, 2.05) is 0 Å². The molecular weight excluding hydrogens is 112 g/mol. The maximum absolute atomic E-state index is 9.00. The molecule has 0 heterocycles. The molecule has 0 bridgehead atoms. The number of hydrogen-bond acceptors (Lipinski definition) is 1. The van der Waals surface area contributed by atoms with Gasteiger partial charge in [0, 0.05) is 6.61 Å². The van der Waals surface area contributed by atoms with Gasteiger partial charge >= 0.3 is 0 Å². The molecule has 0 aromatic carbocycles. The molecule has 0 amide bonds. The summed E-state index contributed by atoms with van der Waals surface area (Å²) in [5.74, 6) is 0.725. The predicted octanol–water partition coefficient (Wildman–Crippen LogP) is 1.81. The van der Waals surface area contributed by atoms with Crippen molar-refractivity contribution < 1.29 is 5.11 Å². The lowest BCUT2D eigenvalue weighted by atomic mass is 9.82. The molecule has 1 N–H and O–H groups in total. The van der Waals surface area contributed by atoms with Gasteiger partial charge in [0.2, 0.25) is 0 Å². The third-order valence-electron chi connectivity index (χ3n) is 2.94. The summed E-state index contributed by atoms with van der Waals surface area (Å²) in [5, 5.41) is 9.00. The van der Waals surface area contributed by atoms with Crippen LogP contribution in [0.25, 0.3) is 0 Å². The first-order valence-corrected chi connectivity index (χ1v) is 3.80.